The zero-order chi connectivity index (χ0) is 15.2. The van der Waals surface area contributed by atoms with Gasteiger partial charge in [0.15, 0.2) is 11.6 Å². The molecular formula is C16H18ClF3N2. The molecule has 2 aromatic rings. The summed E-state index contributed by atoms with van der Waals surface area (Å²) in [6, 6.07) is 11.1. The first kappa shape index (κ1) is 18.5. The van der Waals surface area contributed by atoms with Crippen LogP contribution in [0.4, 0.5) is 13.2 Å². The minimum atomic E-state index is -1.18. The molecule has 0 saturated heterocycles. The molecule has 6 heteroatoms. The van der Waals surface area contributed by atoms with Gasteiger partial charge in [-0.1, -0.05) is 30.3 Å². The van der Waals surface area contributed by atoms with Gasteiger partial charge in [-0.15, -0.1) is 12.4 Å². The molecule has 0 radical (unpaired) electrons. The summed E-state index contributed by atoms with van der Waals surface area (Å²) in [6.45, 7) is 1.68. The van der Waals surface area contributed by atoms with Crippen LogP contribution in [0.15, 0.2) is 42.5 Å². The molecule has 0 saturated carbocycles. The Kier molecular flexibility index (Phi) is 7.38. The van der Waals surface area contributed by atoms with E-state index in [-0.39, 0.29) is 24.5 Å². The Balaban J connectivity index is 0.00000242. The lowest BCUT2D eigenvalue weighted by molar-refractivity contribution is 0.259. The molecule has 0 atom stereocenters. The first-order chi connectivity index (χ1) is 10.1. The highest BCUT2D eigenvalue weighted by Crippen LogP contribution is 2.17. The molecular weight excluding hydrogens is 313 g/mol. The van der Waals surface area contributed by atoms with Gasteiger partial charge in [0.25, 0.3) is 0 Å². The Hall–Kier alpha value is -1.56. The van der Waals surface area contributed by atoms with Crippen LogP contribution in [0.5, 0.6) is 0 Å². The Labute approximate surface area is 134 Å². The second-order valence-electron chi connectivity index (χ2n) is 4.84. The van der Waals surface area contributed by atoms with Crippen molar-refractivity contribution in [2.75, 3.05) is 13.1 Å². The number of hydrogen-bond donors (Lipinski definition) is 1. The van der Waals surface area contributed by atoms with Gasteiger partial charge in [0, 0.05) is 37.8 Å². The SMILES string of the molecule is Cl.NCCN(Cc1ccccc1)Cc1cc(F)c(F)cc1F. The van der Waals surface area contributed by atoms with Crippen LogP contribution in [0.1, 0.15) is 11.1 Å². The van der Waals surface area contributed by atoms with E-state index in [0.29, 0.717) is 25.7 Å². The summed E-state index contributed by atoms with van der Waals surface area (Å²) < 4.78 is 39.9. The van der Waals surface area contributed by atoms with Crippen molar-refractivity contribution >= 4 is 12.4 Å². The van der Waals surface area contributed by atoms with Crippen LogP contribution in [-0.2, 0) is 13.1 Å². The first-order valence-electron chi connectivity index (χ1n) is 6.70. The molecule has 0 bridgehead atoms. The van der Waals surface area contributed by atoms with Gasteiger partial charge >= 0.3 is 0 Å². The van der Waals surface area contributed by atoms with Crippen LogP contribution in [-0.4, -0.2) is 18.0 Å². The van der Waals surface area contributed by atoms with Crippen LogP contribution >= 0.6 is 12.4 Å². The molecule has 0 aliphatic carbocycles. The van der Waals surface area contributed by atoms with Crippen molar-refractivity contribution in [3.05, 3.63) is 71.0 Å². The van der Waals surface area contributed by atoms with Gasteiger partial charge in [-0.25, -0.2) is 13.2 Å². The molecule has 0 aliphatic heterocycles. The number of nitrogens with two attached hydrogens (primary N) is 1. The van der Waals surface area contributed by atoms with Gasteiger partial charge < -0.3 is 5.73 Å². The van der Waals surface area contributed by atoms with Crippen LogP contribution < -0.4 is 5.73 Å². The molecule has 2 N–H and O–H groups in total. The van der Waals surface area contributed by atoms with Crippen molar-refractivity contribution in [2.24, 2.45) is 5.73 Å². The fourth-order valence-corrected chi connectivity index (χ4v) is 2.16. The first-order valence-corrected chi connectivity index (χ1v) is 6.70. The number of halogens is 4. The van der Waals surface area contributed by atoms with Gasteiger partial charge in [0.1, 0.15) is 5.82 Å². The smallest absolute Gasteiger partial charge is 0.161 e. The summed E-state index contributed by atoms with van der Waals surface area (Å²) in [6.07, 6.45) is 0. The predicted octanol–water partition coefficient (Wildman–Crippen LogP) is 3.49. The molecule has 0 fully saturated rings. The van der Waals surface area contributed by atoms with E-state index in [4.69, 9.17) is 5.73 Å². The lowest BCUT2D eigenvalue weighted by Gasteiger charge is -2.22. The summed E-state index contributed by atoms with van der Waals surface area (Å²) in [5, 5.41) is 0. The number of nitrogens with zero attached hydrogens (tertiary/aromatic N) is 1. The molecule has 2 aromatic carbocycles. The highest BCUT2D eigenvalue weighted by atomic mass is 35.5. The summed E-state index contributed by atoms with van der Waals surface area (Å²) >= 11 is 0. The topological polar surface area (TPSA) is 29.3 Å². The Morgan fingerprint density at radius 2 is 1.50 bits per heavy atom. The summed E-state index contributed by atoms with van der Waals surface area (Å²) in [4.78, 5) is 1.89. The molecule has 0 amide bonds. The third-order valence-electron chi connectivity index (χ3n) is 3.18. The largest absolute Gasteiger partial charge is 0.329 e. The zero-order valence-corrected chi connectivity index (χ0v) is 12.8. The van der Waals surface area contributed by atoms with Crippen LogP contribution in [0.25, 0.3) is 0 Å². The van der Waals surface area contributed by atoms with E-state index in [9.17, 15) is 13.2 Å². The molecule has 2 nitrogen and oxygen atoms in total. The molecule has 120 valence electrons. The van der Waals surface area contributed by atoms with Crippen LogP contribution in [0.2, 0.25) is 0 Å². The molecule has 0 spiro atoms. The number of benzene rings is 2. The highest BCUT2D eigenvalue weighted by molar-refractivity contribution is 5.85. The second kappa shape index (κ2) is 8.78. The van der Waals surface area contributed by atoms with Gasteiger partial charge in [0.2, 0.25) is 0 Å². The van der Waals surface area contributed by atoms with Crippen molar-refractivity contribution in [3.8, 4) is 0 Å². The van der Waals surface area contributed by atoms with Crippen molar-refractivity contribution < 1.29 is 13.2 Å². The molecule has 0 unspecified atom stereocenters. The van der Waals surface area contributed by atoms with Gasteiger partial charge in [0.05, 0.1) is 0 Å². The molecule has 0 aromatic heterocycles. The Bertz CT molecular complexity index is 593. The third kappa shape index (κ3) is 5.02. The van der Waals surface area contributed by atoms with Crippen LogP contribution in [0, 0.1) is 17.5 Å². The van der Waals surface area contributed by atoms with E-state index in [0.717, 1.165) is 11.6 Å². The summed E-state index contributed by atoms with van der Waals surface area (Å²) in [7, 11) is 0. The number of rotatable bonds is 6. The summed E-state index contributed by atoms with van der Waals surface area (Å²) in [5.74, 6) is -2.97. The van der Waals surface area contributed by atoms with Crippen molar-refractivity contribution in [1.29, 1.82) is 0 Å². The second-order valence-corrected chi connectivity index (χ2v) is 4.84. The fourth-order valence-electron chi connectivity index (χ4n) is 2.16. The van der Waals surface area contributed by atoms with Crippen molar-refractivity contribution in [3.63, 3.8) is 0 Å². The molecule has 22 heavy (non-hydrogen) atoms. The minimum Gasteiger partial charge on any atom is -0.329 e. The monoisotopic (exact) mass is 330 g/mol. The maximum atomic E-state index is 13.7. The van der Waals surface area contributed by atoms with E-state index >= 15 is 0 Å². The average Bonchev–Trinajstić information content (AvgIpc) is 2.46. The van der Waals surface area contributed by atoms with E-state index in [1.165, 1.54) is 0 Å². The lowest BCUT2D eigenvalue weighted by atomic mass is 10.1. The highest BCUT2D eigenvalue weighted by Gasteiger charge is 2.13. The lowest BCUT2D eigenvalue weighted by Crippen LogP contribution is -2.29. The van der Waals surface area contributed by atoms with Gasteiger partial charge in [-0.2, -0.15) is 0 Å². The molecule has 0 aliphatic rings. The maximum absolute atomic E-state index is 13.7. The van der Waals surface area contributed by atoms with Crippen molar-refractivity contribution in [2.45, 2.75) is 13.1 Å². The molecule has 0 heterocycles. The zero-order valence-electron chi connectivity index (χ0n) is 11.9. The van der Waals surface area contributed by atoms with Crippen LogP contribution in [0.3, 0.4) is 0 Å². The Morgan fingerprint density at radius 1 is 0.864 bits per heavy atom. The van der Waals surface area contributed by atoms with E-state index in [2.05, 4.69) is 0 Å². The van der Waals surface area contributed by atoms with Crippen molar-refractivity contribution in [1.82, 2.24) is 4.90 Å². The normalized spacial score (nSPS) is 10.6. The predicted molar refractivity (Wildman–Crippen MR) is 83.2 cm³/mol. The van der Waals surface area contributed by atoms with Gasteiger partial charge in [-0.05, 0) is 11.6 Å². The van der Waals surface area contributed by atoms with E-state index in [1.807, 2.05) is 35.2 Å². The maximum Gasteiger partial charge on any atom is 0.161 e. The minimum absolute atomic E-state index is 0. The standard InChI is InChI=1S/C16H17F3N2.ClH/c17-14-9-16(19)15(18)8-13(14)11-21(7-6-20)10-12-4-2-1-3-5-12;/h1-5,8-9H,6-7,10-11,20H2;1H. The average molecular weight is 331 g/mol. The van der Waals surface area contributed by atoms with Gasteiger partial charge in [-0.3, -0.25) is 4.90 Å². The fraction of sp³-hybridized carbons (Fsp3) is 0.250. The van der Waals surface area contributed by atoms with E-state index < -0.39 is 17.5 Å². The third-order valence-corrected chi connectivity index (χ3v) is 3.18. The number of hydrogen-bond acceptors (Lipinski definition) is 2. The van der Waals surface area contributed by atoms with E-state index in [1.54, 1.807) is 0 Å². The Morgan fingerprint density at radius 3 is 2.14 bits per heavy atom. The summed E-state index contributed by atoms with van der Waals surface area (Å²) in [5.41, 5.74) is 6.73. The quantitative estimate of drug-likeness (QED) is 0.822. The molecule has 2 rings (SSSR count).